The zero-order chi connectivity index (χ0) is 21.0. The molecule has 7 nitrogen and oxygen atoms in total. The molecule has 1 saturated heterocycles. The molecular formula is C21H25ClN4O3. The van der Waals surface area contributed by atoms with Crippen LogP contribution in [0.15, 0.2) is 48.7 Å². The molecule has 0 unspecified atom stereocenters. The summed E-state index contributed by atoms with van der Waals surface area (Å²) in [7, 11) is 0. The molecule has 0 spiro atoms. The van der Waals surface area contributed by atoms with E-state index < -0.39 is 5.60 Å². The van der Waals surface area contributed by atoms with E-state index in [1.807, 2.05) is 39.0 Å². The summed E-state index contributed by atoms with van der Waals surface area (Å²) in [5, 5.41) is 0. The predicted octanol–water partition coefficient (Wildman–Crippen LogP) is 3.94. The van der Waals surface area contributed by atoms with Crippen LogP contribution < -0.4 is 9.32 Å². The SMILES string of the molecule is CC(C)(C)OC(=O)N1CCN(c2ccc(C(=O)N(Cl)c3ccccc3)cn2)CC1. The highest BCUT2D eigenvalue weighted by Crippen LogP contribution is 2.21. The van der Waals surface area contributed by atoms with E-state index in [0.717, 1.165) is 10.2 Å². The number of rotatable bonds is 3. The number of aromatic nitrogens is 1. The van der Waals surface area contributed by atoms with Gasteiger partial charge in [-0.1, -0.05) is 18.2 Å². The Balaban J connectivity index is 1.58. The molecule has 2 aromatic rings. The largest absolute Gasteiger partial charge is 0.444 e. The molecule has 0 atom stereocenters. The summed E-state index contributed by atoms with van der Waals surface area (Å²) in [5.41, 5.74) is 0.496. The normalized spacial score (nSPS) is 14.5. The molecule has 8 heteroatoms. The molecule has 154 valence electrons. The van der Waals surface area contributed by atoms with Crippen LogP contribution in [0.2, 0.25) is 0 Å². The van der Waals surface area contributed by atoms with E-state index >= 15 is 0 Å². The van der Waals surface area contributed by atoms with Gasteiger partial charge < -0.3 is 14.5 Å². The van der Waals surface area contributed by atoms with Crippen LogP contribution in [-0.4, -0.2) is 53.7 Å². The smallest absolute Gasteiger partial charge is 0.410 e. The Kier molecular flexibility index (Phi) is 6.27. The van der Waals surface area contributed by atoms with Gasteiger partial charge in [0.25, 0.3) is 5.91 Å². The maximum Gasteiger partial charge on any atom is 0.410 e. The number of nitrogens with zero attached hydrogens (tertiary/aromatic N) is 4. The van der Waals surface area contributed by atoms with Gasteiger partial charge in [-0.2, -0.15) is 0 Å². The number of carbonyl (C=O) groups is 2. The third-order valence-corrected chi connectivity index (χ3v) is 4.76. The van der Waals surface area contributed by atoms with E-state index in [1.54, 1.807) is 29.2 Å². The summed E-state index contributed by atoms with van der Waals surface area (Å²) in [6.07, 6.45) is 1.23. The van der Waals surface area contributed by atoms with E-state index in [9.17, 15) is 9.59 Å². The molecule has 3 rings (SSSR count). The first-order valence-electron chi connectivity index (χ1n) is 9.49. The van der Waals surface area contributed by atoms with Gasteiger partial charge in [-0.15, -0.1) is 0 Å². The molecule has 0 N–H and O–H groups in total. The van der Waals surface area contributed by atoms with Crippen molar-refractivity contribution in [3.8, 4) is 0 Å². The van der Waals surface area contributed by atoms with Crippen LogP contribution in [0.1, 0.15) is 31.1 Å². The first-order valence-corrected chi connectivity index (χ1v) is 9.82. The standard InChI is InChI=1S/C21H25ClN4O3/c1-21(2,3)29-20(28)25-13-11-24(12-14-25)18-10-9-16(15-23-18)19(27)26(22)17-7-5-4-6-8-17/h4-10,15H,11-14H2,1-3H3. The predicted molar refractivity (Wildman–Crippen MR) is 113 cm³/mol. The Labute approximate surface area is 175 Å². The molecule has 0 bridgehead atoms. The molecule has 1 aliphatic heterocycles. The van der Waals surface area contributed by atoms with Crippen molar-refractivity contribution in [2.24, 2.45) is 0 Å². The van der Waals surface area contributed by atoms with Crippen molar-refractivity contribution in [3.05, 3.63) is 54.2 Å². The van der Waals surface area contributed by atoms with E-state index in [2.05, 4.69) is 9.88 Å². The van der Waals surface area contributed by atoms with Crippen molar-refractivity contribution >= 4 is 35.3 Å². The Hall–Kier alpha value is -2.80. The average Bonchev–Trinajstić information content (AvgIpc) is 2.72. The molecule has 0 radical (unpaired) electrons. The molecule has 0 aliphatic carbocycles. The van der Waals surface area contributed by atoms with Crippen molar-refractivity contribution in [1.82, 2.24) is 9.88 Å². The topological polar surface area (TPSA) is 66.0 Å². The molecule has 1 fully saturated rings. The van der Waals surface area contributed by atoms with Crippen molar-refractivity contribution < 1.29 is 14.3 Å². The zero-order valence-electron chi connectivity index (χ0n) is 16.8. The number of benzene rings is 1. The second-order valence-corrected chi connectivity index (χ2v) is 8.12. The number of amides is 2. The van der Waals surface area contributed by atoms with Crippen molar-refractivity contribution in [2.45, 2.75) is 26.4 Å². The second-order valence-electron chi connectivity index (χ2n) is 7.78. The number of piperazine rings is 1. The number of hydrogen-bond acceptors (Lipinski definition) is 5. The lowest BCUT2D eigenvalue weighted by Crippen LogP contribution is -2.50. The summed E-state index contributed by atoms with van der Waals surface area (Å²) < 4.78 is 6.50. The molecule has 1 aromatic heterocycles. The number of ether oxygens (including phenoxy) is 1. The first-order chi connectivity index (χ1) is 13.7. The number of hydrogen-bond donors (Lipinski definition) is 0. The second kappa shape index (κ2) is 8.69. The maximum absolute atomic E-state index is 12.5. The van der Waals surface area contributed by atoms with E-state index in [1.165, 1.54) is 6.20 Å². The quantitative estimate of drug-likeness (QED) is 0.709. The fourth-order valence-corrected chi connectivity index (χ4v) is 3.14. The summed E-state index contributed by atoms with van der Waals surface area (Å²) in [4.78, 5) is 32.9. The Morgan fingerprint density at radius 3 is 2.24 bits per heavy atom. The summed E-state index contributed by atoms with van der Waals surface area (Å²) >= 11 is 6.17. The van der Waals surface area contributed by atoms with Gasteiger partial charge in [0, 0.05) is 44.2 Å². The van der Waals surface area contributed by atoms with Crippen LogP contribution in [0.5, 0.6) is 0 Å². The van der Waals surface area contributed by atoms with Crippen LogP contribution in [0.4, 0.5) is 16.3 Å². The highest BCUT2D eigenvalue weighted by molar-refractivity contribution is 6.39. The molecule has 2 heterocycles. The lowest BCUT2D eigenvalue weighted by atomic mass is 10.2. The van der Waals surface area contributed by atoms with E-state index in [0.29, 0.717) is 37.4 Å². The van der Waals surface area contributed by atoms with E-state index in [4.69, 9.17) is 16.5 Å². The van der Waals surface area contributed by atoms with Gasteiger partial charge in [0.15, 0.2) is 0 Å². The van der Waals surface area contributed by atoms with Crippen molar-refractivity contribution in [2.75, 3.05) is 35.5 Å². The van der Waals surface area contributed by atoms with Crippen molar-refractivity contribution in [3.63, 3.8) is 0 Å². The molecule has 1 aliphatic rings. The summed E-state index contributed by atoms with van der Waals surface area (Å²) in [6, 6.07) is 12.5. The molecule has 2 amide bonds. The minimum absolute atomic E-state index is 0.297. The van der Waals surface area contributed by atoms with Gasteiger partial charge in [0.1, 0.15) is 11.4 Å². The monoisotopic (exact) mass is 416 g/mol. The third-order valence-electron chi connectivity index (χ3n) is 4.41. The Morgan fingerprint density at radius 1 is 1.03 bits per heavy atom. The summed E-state index contributed by atoms with van der Waals surface area (Å²) in [6.45, 7) is 7.97. The lowest BCUT2D eigenvalue weighted by Gasteiger charge is -2.36. The van der Waals surface area contributed by atoms with Gasteiger partial charge in [0.2, 0.25) is 0 Å². The fourth-order valence-electron chi connectivity index (χ4n) is 2.93. The summed E-state index contributed by atoms with van der Waals surface area (Å²) in [5.74, 6) is 0.415. The fraction of sp³-hybridized carbons (Fsp3) is 0.381. The van der Waals surface area contributed by atoms with Crippen LogP contribution in [-0.2, 0) is 4.74 Å². The van der Waals surface area contributed by atoms with Gasteiger partial charge in [0.05, 0.1) is 11.3 Å². The third kappa shape index (κ3) is 5.38. The van der Waals surface area contributed by atoms with Gasteiger partial charge in [-0.25, -0.2) is 14.2 Å². The Morgan fingerprint density at radius 2 is 1.69 bits per heavy atom. The molecule has 0 saturated carbocycles. The zero-order valence-corrected chi connectivity index (χ0v) is 17.6. The van der Waals surface area contributed by atoms with Crippen LogP contribution >= 0.6 is 11.8 Å². The van der Waals surface area contributed by atoms with Gasteiger partial charge in [-0.3, -0.25) is 4.79 Å². The lowest BCUT2D eigenvalue weighted by molar-refractivity contribution is 0.0240. The number of anilines is 2. The number of carbonyl (C=O) groups excluding carboxylic acids is 2. The highest BCUT2D eigenvalue weighted by atomic mass is 35.5. The van der Waals surface area contributed by atoms with E-state index in [-0.39, 0.29) is 12.0 Å². The number of pyridine rings is 1. The highest BCUT2D eigenvalue weighted by Gasteiger charge is 2.26. The van der Waals surface area contributed by atoms with Gasteiger partial charge in [-0.05, 0) is 45.0 Å². The van der Waals surface area contributed by atoms with Crippen LogP contribution in [0.25, 0.3) is 0 Å². The van der Waals surface area contributed by atoms with Crippen LogP contribution in [0.3, 0.4) is 0 Å². The minimum Gasteiger partial charge on any atom is -0.444 e. The molecular weight excluding hydrogens is 392 g/mol. The Bertz CT molecular complexity index is 844. The van der Waals surface area contributed by atoms with Crippen LogP contribution in [0, 0.1) is 0 Å². The number of halogens is 1. The maximum atomic E-state index is 12.5. The first kappa shape index (κ1) is 20.9. The minimum atomic E-state index is -0.506. The molecule has 1 aromatic carbocycles. The molecule has 29 heavy (non-hydrogen) atoms. The van der Waals surface area contributed by atoms with Crippen molar-refractivity contribution in [1.29, 1.82) is 0 Å². The average molecular weight is 417 g/mol. The number of para-hydroxylation sites is 1. The van der Waals surface area contributed by atoms with Gasteiger partial charge >= 0.3 is 6.09 Å².